The second-order valence-corrected chi connectivity index (χ2v) is 6.28. The Morgan fingerprint density at radius 1 is 1.39 bits per heavy atom. The first-order valence-corrected chi connectivity index (χ1v) is 8.44. The van der Waals surface area contributed by atoms with E-state index >= 15 is 0 Å². The molecule has 0 aliphatic heterocycles. The highest BCUT2D eigenvalue weighted by atomic mass is 32.1. The second kappa shape index (κ2) is 8.25. The predicted molar refractivity (Wildman–Crippen MR) is 94.1 cm³/mol. The Morgan fingerprint density at radius 3 is 2.70 bits per heavy atom. The largest absolute Gasteiger partial charge is 0.321 e. The number of nitrogens with zero attached hydrogens (tertiary/aromatic N) is 2. The fourth-order valence-electron chi connectivity index (χ4n) is 2.08. The number of hydrogen-bond acceptors (Lipinski definition) is 4. The smallest absolute Gasteiger partial charge is 0.266 e. The molecule has 4 nitrogen and oxygen atoms in total. The van der Waals surface area contributed by atoms with E-state index in [9.17, 15) is 10.1 Å². The number of nitriles is 1. The third kappa shape index (κ3) is 5.04. The molecule has 0 aliphatic rings. The fourth-order valence-corrected chi connectivity index (χ4v) is 2.65. The minimum Gasteiger partial charge on any atom is -0.321 e. The summed E-state index contributed by atoms with van der Waals surface area (Å²) in [4.78, 5) is 16.4. The van der Waals surface area contributed by atoms with Gasteiger partial charge < -0.3 is 5.32 Å². The summed E-state index contributed by atoms with van der Waals surface area (Å²) in [6.07, 6.45) is 4.86. The highest BCUT2D eigenvalue weighted by molar-refractivity contribution is 7.09. The zero-order valence-electron chi connectivity index (χ0n) is 13.3. The third-order valence-corrected chi connectivity index (χ3v) is 4.12. The number of amides is 1. The molecule has 5 heteroatoms. The van der Waals surface area contributed by atoms with Gasteiger partial charge in [-0.05, 0) is 43.5 Å². The molecule has 1 aromatic carbocycles. The van der Waals surface area contributed by atoms with E-state index in [1.165, 1.54) is 23.0 Å². The third-order valence-electron chi connectivity index (χ3n) is 3.32. The zero-order valence-corrected chi connectivity index (χ0v) is 14.1. The van der Waals surface area contributed by atoms with Gasteiger partial charge in [0, 0.05) is 11.1 Å². The zero-order chi connectivity index (χ0) is 16.7. The number of rotatable bonds is 6. The summed E-state index contributed by atoms with van der Waals surface area (Å²) in [7, 11) is 0. The van der Waals surface area contributed by atoms with Crippen molar-refractivity contribution in [1.29, 1.82) is 5.26 Å². The van der Waals surface area contributed by atoms with Crippen molar-refractivity contribution >= 4 is 29.0 Å². The number of aromatic nitrogens is 1. The Morgan fingerprint density at radius 2 is 2.13 bits per heavy atom. The normalized spacial score (nSPS) is 11.1. The minimum atomic E-state index is -0.417. The van der Waals surface area contributed by atoms with Gasteiger partial charge in [-0.3, -0.25) is 4.79 Å². The monoisotopic (exact) mass is 325 g/mol. The topological polar surface area (TPSA) is 65.8 Å². The number of nitrogens with one attached hydrogen (secondary N) is 1. The molecule has 23 heavy (non-hydrogen) atoms. The summed E-state index contributed by atoms with van der Waals surface area (Å²) in [5.41, 5.74) is 2.61. The van der Waals surface area contributed by atoms with Crippen LogP contribution in [0.2, 0.25) is 0 Å². The number of hydrogen-bond donors (Lipinski definition) is 1. The van der Waals surface area contributed by atoms with E-state index in [1.807, 2.05) is 42.6 Å². The minimum absolute atomic E-state index is 0.0466. The number of unbranched alkanes of at least 4 members (excludes halogenated alkanes) is 1. The Balaban J connectivity index is 2.05. The average Bonchev–Trinajstić information content (AvgIpc) is 2.97. The van der Waals surface area contributed by atoms with Gasteiger partial charge in [0.15, 0.2) is 0 Å². The quantitative estimate of drug-likeness (QED) is 0.634. The molecule has 118 valence electrons. The molecule has 0 unspecified atom stereocenters. The summed E-state index contributed by atoms with van der Waals surface area (Å²) in [6, 6.07) is 9.67. The van der Waals surface area contributed by atoms with Crippen molar-refractivity contribution in [2.45, 2.75) is 33.1 Å². The molecular weight excluding hydrogens is 306 g/mol. The van der Waals surface area contributed by atoms with Gasteiger partial charge in [-0.25, -0.2) is 4.98 Å². The Kier molecular flexibility index (Phi) is 6.07. The van der Waals surface area contributed by atoms with Crippen LogP contribution in [0.5, 0.6) is 0 Å². The van der Waals surface area contributed by atoms with E-state index in [4.69, 9.17) is 0 Å². The predicted octanol–water partition coefficient (Wildman–Crippen LogP) is 4.34. The summed E-state index contributed by atoms with van der Waals surface area (Å²) in [6.45, 7) is 4.04. The molecule has 1 heterocycles. The van der Waals surface area contributed by atoms with Crippen LogP contribution in [0.25, 0.3) is 6.08 Å². The summed E-state index contributed by atoms with van der Waals surface area (Å²) < 4.78 is 0. The lowest BCUT2D eigenvalue weighted by Gasteiger charge is -2.05. The lowest BCUT2D eigenvalue weighted by atomic mass is 10.1. The molecular formula is C18H19N3OS. The van der Waals surface area contributed by atoms with Gasteiger partial charge in [-0.1, -0.05) is 25.5 Å². The molecule has 1 amide bonds. The molecule has 0 fully saturated rings. The SMILES string of the molecule is CCCCc1ccc(NC(=O)/C(C#N)=C/c2csc(C)n2)cc1. The van der Waals surface area contributed by atoms with E-state index in [2.05, 4.69) is 17.2 Å². The Labute approximate surface area is 140 Å². The average molecular weight is 325 g/mol. The van der Waals surface area contributed by atoms with E-state index < -0.39 is 5.91 Å². The Bertz CT molecular complexity index is 738. The maximum absolute atomic E-state index is 12.2. The molecule has 2 rings (SSSR count). The molecule has 0 radical (unpaired) electrons. The fraction of sp³-hybridized carbons (Fsp3) is 0.278. The molecule has 0 atom stereocenters. The molecule has 2 aromatic rings. The van der Waals surface area contributed by atoms with Crippen molar-refractivity contribution in [3.8, 4) is 6.07 Å². The van der Waals surface area contributed by atoms with Crippen LogP contribution in [0.4, 0.5) is 5.69 Å². The van der Waals surface area contributed by atoms with Crippen molar-refractivity contribution in [1.82, 2.24) is 4.98 Å². The van der Waals surface area contributed by atoms with Gasteiger partial charge in [-0.2, -0.15) is 5.26 Å². The first-order valence-electron chi connectivity index (χ1n) is 7.56. The molecule has 0 spiro atoms. The van der Waals surface area contributed by atoms with Crippen molar-refractivity contribution in [3.05, 3.63) is 51.5 Å². The maximum atomic E-state index is 12.2. The summed E-state index contributed by atoms with van der Waals surface area (Å²) in [5, 5.41) is 14.7. The molecule has 0 aliphatic carbocycles. The number of carbonyl (C=O) groups is 1. The van der Waals surface area contributed by atoms with Crippen LogP contribution in [-0.2, 0) is 11.2 Å². The van der Waals surface area contributed by atoms with E-state index in [-0.39, 0.29) is 5.57 Å². The van der Waals surface area contributed by atoms with Crippen LogP contribution in [-0.4, -0.2) is 10.9 Å². The number of carbonyl (C=O) groups excluding carboxylic acids is 1. The van der Waals surface area contributed by atoms with Crippen molar-refractivity contribution in [2.75, 3.05) is 5.32 Å². The van der Waals surface area contributed by atoms with Crippen molar-refractivity contribution < 1.29 is 4.79 Å². The van der Waals surface area contributed by atoms with Crippen LogP contribution in [0.3, 0.4) is 0 Å². The standard InChI is InChI=1S/C18H19N3OS/c1-3-4-5-14-6-8-16(9-7-14)21-18(22)15(11-19)10-17-12-23-13(2)20-17/h6-10,12H,3-5H2,1-2H3,(H,21,22)/b15-10+. The first kappa shape index (κ1) is 16.9. The molecule has 1 N–H and O–H groups in total. The maximum Gasteiger partial charge on any atom is 0.266 e. The van der Waals surface area contributed by atoms with Crippen molar-refractivity contribution in [3.63, 3.8) is 0 Å². The van der Waals surface area contributed by atoms with Gasteiger partial charge in [0.25, 0.3) is 5.91 Å². The number of aryl methyl sites for hydroxylation is 2. The van der Waals surface area contributed by atoms with Gasteiger partial charge >= 0.3 is 0 Å². The summed E-state index contributed by atoms with van der Waals surface area (Å²) >= 11 is 1.48. The van der Waals surface area contributed by atoms with Gasteiger partial charge in [-0.15, -0.1) is 11.3 Å². The lowest BCUT2D eigenvalue weighted by molar-refractivity contribution is -0.112. The van der Waals surface area contributed by atoms with Crippen molar-refractivity contribution in [2.24, 2.45) is 0 Å². The van der Waals surface area contributed by atoms with Crippen LogP contribution in [0, 0.1) is 18.3 Å². The lowest BCUT2D eigenvalue weighted by Crippen LogP contribution is -2.13. The van der Waals surface area contributed by atoms with E-state index in [0.29, 0.717) is 11.4 Å². The Hall–Kier alpha value is -2.45. The number of thiazole rings is 1. The van der Waals surface area contributed by atoms with Gasteiger partial charge in [0.1, 0.15) is 11.6 Å². The summed E-state index contributed by atoms with van der Waals surface area (Å²) in [5.74, 6) is -0.417. The second-order valence-electron chi connectivity index (χ2n) is 5.22. The number of benzene rings is 1. The molecule has 0 saturated heterocycles. The van der Waals surface area contributed by atoms with Crippen LogP contribution < -0.4 is 5.32 Å². The van der Waals surface area contributed by atoms with E-state index in [1.54, 1.807) is 0 Å². The van der Waals surface area contributed by atoms with Crippen LogP contribution in [0.15, 0.2) is 35.2 Å². The highest BCUT2D eigenvalue weighted by Gasteiger charge is 2.10. The number of anilines is 1. The molecule has 1 aromatic heterocycles. The molecule has 0 saturated carbocycles. The van der Waals surface area contributed by atoms with Crippen LogP contribution >= 0.6 is 11.3 Å². The van der Waals surface area contributed by atoms with Crippen LogP contribution in [0.1, 0.15) is 36.0 Å². The van der Waals surface area contributed by atoms with Gasteiger partial charge in [0.05, 0.1) is 10.7 Å². The van der Waals surface area contributed by atoms with Gasteiger partial charge in [0.2, 0.25) is 0 Å². The molecule has 0 bridgehead atoms. The van der Waals surface area contributed by atoms with E-state index in [0.717, 1.165) is 24.3 Å². The highest BCUT2D eigenvalue weighted by Crippen LogP contribution is 2.15. The first-order chi connectivity index (χ1) is 11.1.